The molecule has 0 spiro atoms. The zero-order valence-corrected chi connectivity index (χ0v) is 18.1. The predicted molar refractivity (Wildman–Crippen MR) is 125 cm³/mol. The summed E-state index contributed by atoms with van der Waals surface area (Å²) in [5.41, 5.74) is 3.06. The summed E-state index contributed by atoms with van der Waals surface area (Å²) < 4.78 is 5.14. The number of hydrogen-bond acceptors (Lipinski definition) is 3. The maximum Gasteiger partial charge on any atom is 0.291 e. The van der Waals surface area contributed by atoms with Crippen molar-refractivity contribution in [3.8, 4) is 0 Å². The second-order valence-electron chi connectivity index (χ2n) is 7.40. The third kappa shape index (κ3) is 7.33. The summed E-state index contributed by atoms with van der Waals surface area (Å²) in [7, 11) is 0. The highest BCUT2D eigenvalue weighted by molar-refractivity contribution is 6.02. The molecule has 0 saturated heterocycles. The van der Waals surface area contributed by atoms with Crippen LogP contribution in [-0.2, 0) is 13.0 Å². The van der Waals surface area contributed by atoms with Gasteiger partial charge in [0.25, 0.3) is 5.91 Å². The van der Waals surface area contributed by atoms with Crippen molar-refractivity contribution in [1.82, 2.24) is 10.6 Å². The molecule has 3 aromatic rings. The highest BCUT2D eigenvalue weighted by Crippen LogP contribution is 2.13. The van der Waals surface area contributed by atoms with Crippen molar-refractivity contribution in [2.45, 2.75) is 39.3 Å². The number of aliphatic imine (C=N–C) groups is 1. The zero-order chi connectivity index (χ0) is 21.9. The zero-order valence-electron chi connectivity index (χ0n) is 18.1. The van der Waals surface area contributed by atoms with Crippen LogP contribution >= 0.6 is 0 Å². The molecular formula is C25H30N4O2. The van der Waals surface area contributed by atoms with Crippen LogP contribution in [0.2, 0.25) is 0 Å². The lowest BCUT2D eigenvalue weighted by molar-refractivity contribution is 0.0996. The number of carbonyl (C=O) groups excluding carboxylic acids is 1. The Labute approximate surface area is 183 Å². The minimum Gasteiger partial charge on any atom is -0.459 e. The van der Waals surface area contributed by atoms with E-state index in [1.54, 1.807) is 12.1 Å². The Balaban J connectivity index is 1.56. The highest BCUT2D eigenvalue weighted by Gasteiger charge is 2.09. The van der Waals surface area contributed by atoms with Gasteiger partial charge in [-0.3, -0.25) is 4.79 Å². The number of guanidine groups is 1. The fourth-order valence-corrected chi connectivity index (χ4v) is 3.17. The van der Waals surface area contributed by atoms with Crippen LogP contribution in [0.5, 0.6) is 0 Å². The number of aryl methyl sites for hydroxylation is 1. The van der Waals surface area contributed by atoms with E-state index in [2.05, 4.69) is 54.1 Å². The van der Waals surface area contributed by atoms with Crippen molar-refractivity contribution < 1.29 is 9.21 Å². The van der Waals surface area contributed by atoms with Crippen LogP contribution in [0.4, 0.5) is 5.69 Å². The molecule has 6 nitrogen and oxygen atoms in total. The Morgan fingerprint density at radius 3 is 2.58 bits per heavy atom. The molecule has 0 aliphatic heterocycles. The van der Waals surface area contributed by atoms with Crippen LogP contribution in [0.15, 0.2) is 82.4 Å². The molecule has 2 aromatic carbocycles. The van der Waals surface area contributed by atoms with Gasteiger partial charge in [0.15, 0.2) is 11.7 Å². The van der Waals surface area contributed by atoms with E-state index in [9.17, 15) is 4.79 Å². The summed E-state index contributed by atoms with van der Waals surface area (Å²) in [6.07, 6.45) is 3.52. The Morgan fingerprint density at radius 1 is 1.03 bits per heavy atom. The van der Waals surface area contributed by atoms with Crippen molar-refractivity contribution in [1.29, 1.82) is 0 Å². The fourth-order valence-electron chi connectivity index (χ4n) is 3.17. The lowest BCUT2D eigenvalue weighted by Crippen LogP contribution is -2.42. The van der Waals surface area contributed by atoms with Crippen LogP contribution in [0.1, 0.15) is 41.9 Å². The van der Waals surface area contributed by atoms with Crippen LogP contribution in [-0.4, -0.2) is 24.5 Å². The molecule has 1 unspecified atom stereocenters. The van der Waals surface area contributed by atoms with E-state index < -0.39 is 0 Å². The smallest absolute Gasteiger partial charge is 0.291 e. The average molecular weight is 419 g/mol. The van der Waals surface area contributed by atoms with Gasteiger partial charge in [-0.25, -0.2) is 4.99 Å². The molecule has 0 aliphatic rings. The first kappa shape index (κ1) is 22.2. The first-order valence-electron chi connectivity index (χ1n) is 10.7. The van der Waals surface area contributed by atoms with Crippen molar-refractivity contribution in [3.05, 3.63) is 89.9 Å². The third-order valence-corrected chi connectivity index (χ3v) is 4.79. The van der Waals surface area contributed by atoms with Crippen LogP contribution in [0.3, 0.4) is 0 Å². The van der Waals surface area contributed by atoms with Crippen molar-refractivity contribution in [2.75, 3.05) is 11.9 Å². The van der Waals surface area contributed by atoms with Crippen molar-refractivity contribution >= 4 is 17.6 Å². The molecule has 1 amide bonds. The monoisotopic (exact) mass is 418 g/mol. The number of benzene rings is 2. The van der Waals surface area contributed by atoms with Gasteiger partial charge in [-0.1, -0.05) is 42.5 Å². The lowest BCUT2D eigenvalue weighted by atomic mass is 10.1. The van der Waals surface area contributed by atoms with E-state index in [1.807, 2.05) is 30.3 Å². The standard InChI is InChI=1S/C25H30N4O2/c1-3-26-25(28-19(2)14-15-20-9-5-4-6-10-20)27-18-21-11-7-12-22(17-21)29-24(30)23-13-8-16-31-23/h4-13,16-17,19H,3,14-15,18H2,1-2H3,(H,29,30)(H2,26,27,28). The highest BCUT2D eigenvalue weighted by atomic mass is 16.3. The van der Waals surface area contributed by atoms with Gasteiger partial charge in [-0.15, -0.1) is 0 Å². The van der Waals surface area contributed by atoms with E-state index >= 15 is 0 Å². The number of hydrogen-bond donors (Lipinski definition) is 3. The Hall–Kier alpha value is -3.54. The maximum atomic E-state index is 12.2. The first-order valence-corrected chi connectivity index (χ1v) is 10.7. The molecule has 0 saturated carbocycles. The summed E-state index contributed by atoms with van der Waals surface area (Å²) in [5.74, 6) is 0.799. The number of nitrogens with one attached hydrogen (secondary N) is 3. The number of furan rings is 1. The molecule has 0 bridgehead atoms. The van der Waals surface area contributed by atoms with Crippen molar-refractivity contribution in [3.63, 3.8) is 0 Å². The minimum atomic E-state index is -0.270. The topological polar surface area (TPSA) is 78.7 Å². The second kappa shape index (κ2) is 11.6. The van der Waals surface area contributed by atoms with E-state index in [-0.39, 0.29) is 17.7 Å². The molecule has 1 atom stereocenters. The number of anilines is 1. The maximum absolute atomic E-state index is 12.2. The molecule has 3 N–H and O–H groups in total. The Morgan fingerprint density at radius 2 is 1.84 bits per heavy atom. The van der Waals surface area contributed by atoms with Crippen LogP contribution in [0, 0.1) is 0 Å². The summed E-state index contributed by atoms with van der Waals surface area (Å²) in [4.78, 5) is 16.9. The molecule has 0 radical (unpaired) electrons. The third-order valence-electron chi connectivity index (χ3n) is 4.79. The normalized spacial score (nSPS) is 12.3. The van der Waals surface area contributed by atoms with Crippen LogP contribution in [0.25, 0.3) is 0 Å². The molecule has 1 aromatic heterocycles. The first-order chi connectivity index (χ1) is 15.1. The summed E-state index contributed by atoms with van der Waals surface area (Å²) in [6, 6.07) is 21.8. The number of amides is 1. The van der Waals surface area contributed by atoms with E-state index in [0.29, 0.717) is 12.2 Å². The largest absolute Gasteiger partial charge is 0.459 e. The van der Waals surface area contributed by atoms with E-state index in [4.69, 9.17) is 9.41 Å². The minimum absolute atomic E-state index is 0.270. The van der Waals surface area contributed by atoms with Crippen LogP contribution < -0.4 is 16.0 Å². The van der Waals surface area contributed by atoms with Gasteiger partial charge in [0, 0.05) is 18.3 Å². The number of rotatable bonds is 9. The van der Waals surface area contributed by atoms with Gasteiger partial charge < -0.3 is 20.4 Å². The SMILES string of the molecule is CCNC(=NCc1cccc(NC(=O)c2ccco2)c1)NC(C)CCc1ccccc1. The molecule has 162 valence electrons. The molecule has 0 fully saturated rings. The van der Waals surface area contributed by atoms with Gasteiger partial charge in [0.2, 0.25) is 0 Å². The van der Waals surface area contributed by atoms with Gasteiger partial charge >= 0.3 is 0 Å². The molecule has 1 heterocycles. The summed E-state index contributed by atoms with van der Waals surface area (Å²) >= 11 is 0. The van der Waals surface area contributed by atoms with E-state index in [1.165, 1.54) is 11.8 Å². The molecule has 6 heteroatoms. The Kier molecular flexibility index (Phi) is 8.29. The second-order valence-corrected chi connectivity index (χ2v) is 7.40. The molecule has 3 rings (SSSR count). The van der Waals surface area contributed by atoms with Gasteiger partial charge in [-0.2, -0.15) is 0 Å². The summed E-state index contributed by atoms with van der Waals surface area (Å²) in [6.45, 7) is 5.51. The average Bonchev–Trinajstić information content (AvgIpc) is 3.32. The lowest BCUT2D eigenvalue weighted by Gasteiger charge is -2.18. The fraction of sp³-hybridized carbons (Fsp3) is 0.280. The van der Waals surface area contributed by atoms with Gasteiger partial charge in [-0.05, 0) is 62.1 Å². The Bertz CT molecular complexity index is 968. The molecule has 31 heavy (non-hydrogen) atoms. The van der Waals surface area contributed by atoms with Gasteiger partial charge in [0.1, 0.15) is 0 Å². The van der Waals surface area contributed by atoms with Crippen molar-refractivity contribution in [2.24, 2.45) is 4.99 Å². The predicted octanol–water partition coefficient (Wildman–Crippen LogP) is 4.61. The van der Waals surface area contributed by atoms with E-state index in [0.717, 1.165) is 30.9 Å². The quantitative estimate of drug-likeness (QED) is 0.350. The molecular weight excluding hydrogens is 388 g/mol. The summed E-state index contributed by atoms with van der Waals surface area (Å²) in [5, 5.41) is 9.63. The number of carbonyl (C=O) groups is 1. The van der Waals surface area contributed by atoms with Gasteiger partial charge in [0.05, 0.1) is 12.8 Å². The molecule has 0 aliphatic carbocycles. The number of nitrogens with zero attached hydrogens (tertiary/aromatic N) is 1.